The van der Waals surface area contributed by atoms with Crippen LogP contribution in [0, 0.1) is 0 Å². The Balaban J connectivity index is 1.76. The van der Waals surface area contributed by atoms with Crippen molar-refractivity contribution in [2.75, 3.05) is 5.32 Å². The third-order valence-corrected chi connectivity index (χ3v) is 3.83. The molecule has 1 aliphatic carbocycles. The summed E-state index contributed by atoms with van der Waals surface area (Å²) in [6.07, 6.45) is 5.44. The van der Waals surface area contributed by atoms with Gasteiger partial charge in [-0.15, -0.1) is 0 Å². The van der Waals surface area contributed by atoms with E-state index in [1.165, 1.54) is 4.90 Å². The monoisotopic (exact) mass is 309 g/mol. The summed E-state index contributed by atoms with van der Waals surface area (Å²) in [7, 11) is 0. The number of amides is 2. The van der Waals surface area contributed by atoms with Crippen LogP contribution in [-0.4, -0.2) is 33.8 Å². The first-order valence-corrected chi connectivity index (χ1v) is 6.68. The largest absolute Gasteiger partial charge is 0.372 e. The number of halogens is 1. The van der Waals surface area contributed by atoms with E-state index in [0.717, 1.165) is 23.0 Å². The highest BCUT2D eigenvalue weighted by atomic mass is 79.9. The van der Waals surface area contributed by atoms with Crippen molar-refractivity contribution in [1.29, 1.82) is 0 Å². The molecule has 2 aliphatic rings. The second-order valence-corrected chi connectivity index (χ2v) is 5.44. The van der Waals surface area contributed by atoms with Gasteiger partial charge in [0, 0.05) is 18.4 Å². The zero-order valence-electron chi connectivity index (χ0n) is 9.60. The molecule has 2 heterocycles. The fourth-order valence-electron chi connectivity index (χ4n) is 2.16. The number of anilines is 1. The minimum absolute atomic E-state index is 0.0646. The van der Waals surface area contributed by atoms with Crippen LogP contribution in [0.15, 0.2) is 22.9 Å². The number of carbonyl (C=O) groups is 2. The Morgan fingerprint density at radius 3 is 2.83 bits per heavy atom. The molecule has 0 radical (unpaired) electrons. The predicted molar refractivity (Wildman–Crippen MR) is 68.8 cm³/mol. The van der Waals surface area contributed by atoms with E-state index in [1.54, 1.807) is 18.5 Å². The lowest BCUT2D eigenvalue weighted by Crippen LogP contribution is -2.36. The first-order valence-electron chi connectivity index (χ1n) is 5.89. The first-order chi connectivity index (χ1) is 8.66. The summed E-state index contributed by atoms with van der Waals surface area (Å²) < 4.78 is 0.787. The quantitative estimate of drug-likeness (QED) is 0.861. The molecular weight excluding hydrogens is 298 g/mol. The summed E-state index contributed by atoms with van der Waals surface area (Å²) in [6, 6.07) is 1.48. The molecule has 1 saturated carbocycles. The fraction of sp³-hybridized carbons (Fsp3) is 0.417. The van der Waals surface area contributed by atoms with Crippen molar-refractivity contribution in [2.45, 2.75) is 31.3 Å². The average Bonchev–Trinajstić information content (AvgIpc) is 3.11. The van der Waals surface area contributed by atoms with Crippen molar-refractivity contribution in [1.82, 2.24) is 9.88 Å². The Hall–Kier alpha value is -1.43. The SMILES string of the molecule is O=C1CC(Nc2ccncc2Br)C(=O)N1C1CC1. The highest BCUT2D eigenvalue weighted by Gasteiger charge is 2.46. The van der Waals surface area contributed by atoms with Crippen LogP contribution in [0.5, 0.6) is 0 Å². The number of nitrogens with zero attached hydrogens (tertiary/aromatic N) is 2. The first kappa shape index (κ1) is 11.6. The van der Waals surface area contributed by atoms with Crippen LogP contribution in [0.2, 0.25) is 0 Å². The van der Waals surface area contributed by atoms with Crippen molar-refractivity contribution >= 4 is 33.4 Å². The molecular formula is C12H12BrN3O2. The molecule has 5 nitrogen and oxygen atoms in total. The zero-order valence-corrected chi connectivity index (χ0v) is 11.2. The van der Waals surface area contributed by atoms with Gasteiger partial charge in [0.2, 0.25) is 5.91 Å². The maximum absolute atomic E-state index is 12.1. The van der Waals surface area contributed by atoms with Crippen molar-refractivity contribution in [3.05, 3.63) is 22.9 Å². The van der Waals surface area contributed by atoms with E-state index >= 15 is 0 Å². The van der Waals surface area contributed by atoms with Gasteiger partial charge in [0.15, 0.2) is 0 Å². The molecule has 2 amide bonds. The maximum Gasteiger partial charge on any atom is 0.252 e. The van der Waals surface area contributed by atoms with Gasteiger partial charge in [-0.1, -0.05) is 0 Å². The van der Waals surface area contributed by atoms with E-state index in [-0.39, 0.29) is 24.3 Å². The normalized spacial score (nSPS) is 23.6. The molecule has 1 aromatic heterocycles. The molecule has 18 heavy (non-hydrogen) atoms. The van der Waals surface area contributed by atoms with Gasteiger partial charge in [-0.2, -0.15) is 0 Å². The predicted octanol–water partition coefficient (Wildman–Crippen LogP) is 1.55. The topological polar surface area (TPSA) is 62.3 Å². The van der Waals surface area contributed by atoms with Gasteiger partial charge in [-0.05, 0) is 34.8 Å². The van der Waals surface area contributed by atoms with Gasteiger partial charge >= 0.3 is 0 Å². The Labute approximate surface area is 113 Å². The third-order valence-electron chi connectivity index (χ3n) is 3.20. The molecule has 1 atom stereocenters. The number of likely N-dealkylation sites (tertiary alicyclic amines) is 1. The Morgan fingerprint density at radius 2 is 2.17 bits per heavy atom. The lowest BCUT2D eigenvalue weighted by molar-refractivity contribution is -0.139. The molecule has 2 fully saturated rings. The molecule has 3 rings (SSSR count). The van der Waals surface area contributed by atoms with Crippen molar-refractivity contribution < 1.29 is 9.59 Å². The average molecular weight is 310 g/mol. The molecule has 94 valence electrons. The number of hydrogen-bond donors (Lipinski definition) is 1. The van der Waals surface area contributed by atoms with E-state index in [1.807, 2.05) is 0 Å². The van der Waals surface area contributed by atoms with Crippen LogP contribution in [0.4, 0.5) is 5.69 Å². The summed E-state index contributed by atoms with van der Waals surface area (Å²) in [5, 5.41) is 3.10. The van der Waals surface area contributed by atoms with Gasteiger partial charge in [0.25, 0.3) is 5.91 Å². The standard InChI is InChI=1S/C12H12BrN3O2/c13-8-6-14-4-3-9(8)15-10-5-11(17)16(12(10)18)7-1-2-7/h3-4,6-7,10H,1-2,5H2,(H,14,15). The number of pyridine rings is 1. The Bertz CT molecular complexity index is 516. The van der Waals surface area contributed by atoms with Crippen LogP contribution < -0.4 is 5.32 Å². The van der Waals surface area contributed by atoms with Crippen molar-refractivity contribution in [3.63, 3.8) is 0 Å². The van der Waals surface area contributed by atoms with Crippen molar-refractivity contribution in [2.24, 2.45) is 0 Å². The van der Waals surface area contributed by atoms with Crippen LogP contribution in [0.3, 0.4) is 0 Å². The fourth-order valence-corrected chi connectivity index (χ4v) is 2.52. The van der Waals surface area contributed by atoms with Gasteiger partial charge < -0.3 is 5.32 Å². The lowest BCUT2D eigenvalue weighted by atomic mass is 10.2. The second-order valence-electron chi connectivity index (χ2n) is 4.59. The molecule has 1 unspecified atom stereocenters. The molecule has 6 heteroatoms. The molecule has 1 aromatic rings. The summed E-state index contributed by atoms with van der Waals surface area (Å²) in [5.74, 6) is -0.170. The summed E-state index contributed by atoms with van der Waals surface area (Å²) in [4.78, 5) is 29.3. The van der Waals surface area contributed by atoms with Gasteiger partial charge in [0.1, 0.15) is 6.04 Å². The van der Waals surface area contributed by atoms with E-state index in [2.05, 4.69) is 26.2 Å². The molecule has 0 spiro atoms. The van der Waals surface area contributed by atoms with Crippen LogP contribution >= 0.6 is 15.9 Å². The third kappa shape index (κ3) is 2.01. The highest BCUT2D eigenvalue weighted by molar-refractivity contribution is 9.10. The van der Waals surface area contributed by atoms with E-state index < -0.39 is 6.04 Å². The number of imide groups is 1. The van der Waals surface area contributed by atoms with Gasteiger partial charge in [0.05, 0.1) is 16.6 Å². The molecule has 0 aromatic carbocycles. The minimum atomic E-state index is -0.447. The Morgan fingerprint density at radius 1 is 1.39 bits per heavy atom. The van der Waals surface area contributed by atoms with Crippen LogP contribution in [0.25, 0.3) is 0 Å². The van der Waals surface area contributed by atoms with Crippen molar-refractivity contribution in [3.8, 4) is 0 Å². The molecule has 1 aliphatic heterocycles. The van der Waals surface area contributed by atoms with E-state index in [9.17, 15) is 9.59 Å². The number of nitrogens with one attached hydrogen (secondary N) is 1. The van der Waals surface area contributed by atoms with Gasteiger partial charge in [-0.3, -0.25) is 19.5 Å². The molecule has 0 bridgehead atoms. The van der Waals surface area contributed by atoms with Gasteiger partial charge in [-0.25, -0.2) is 0 Å². The number of aromatic nitrogens is 1. The summed E-state index contributed by atoms with van der Waals surface area (Å²) in [6.45, 7) is 0. The molecule has 1 N–H and O–H groups in total. The summed E-state index contributed by atoms with van der Waals surface area (Å²) >= 11 is 3.36. The van der Waals surface area contributed by atoms with Crippen LogP contribution in [0.1, 0.15) is 19.3 Å². The summed E-state index contributed by atoms with van der Waals surface area (Å²) in [5.41, 5.74) is 0.786. The second kappa shape index (κ2) is 4.35. The highest BCUT2D eigenvalue weighted by Crippen LogP contribution is 2.33. The molecule has 1 saturated heterocycles. The van der Waals surface area contributed by atoms with E-state index in [0.29, 0.717) is 0 Å². The number of hydrogen-bond acceptors (Lipinski definition) is 4. The number of rotatable bonds is 3. The minimum Gasteiger partial charge on any atom is -0.372 e. The Kier molecular flexibility index (Phi) is 2.81. The van der Waals surface area contributed by atoms with E-state index in [4.69, 9.17) is 0 Å². The van der Waals surface area contributed by atoms with Crippen LogP contribution in [-0.2, 0) is 9.59 Å². The maximum atomic E-state index is 12.1. The lowest BCUT2D eigenvalue weighted by Gasteiger charge is -2.15. The smallest absolute Gasteiger partial charge is 0.252 e. The number of carbonyl (C=O) groups excluding carboxylic acids is 2. The zero-order chi connectivity index (χ0) is 12.7.